The van der Waals surface area contributed by atoms with Gasteiger partial charge in [0.2, 0.25) is 0 Å². The lowest BCUT2D eigenvalue weighted by atomic mass is 9.65. The monoisotopic (exact) mass is 610 g/mol. The lowest BCUT2D eigenvalue weighted by Crippen LogP contribution is -2.33. The summed E-state index contributed by atoms with van der Waals surface area (Å²) in [6.45, 7) is 12.8. The molecule has 0 amide bonds. The Labute approximate surface area is 262 Å². The van der Waals surface area contributed by atoms with Gasteiger partial charge >= 0.3 is 0 Å². The summed E-state index contributed by atoms with van der Waals surface area (Å²) < 4.78 is 0. The van der Waals surface area contributed by atoms with Gasteiger partial charge in [0.05, 0.1) is 6.04 Å². The van der Waals surface area contributed by atoms with Crippen molar-refractivity contribution in [1.29, 1.82) is 0 Å². The number of hydrogen-bond acceptors (Lipinski definition) is 3. The molecule has 0 fully saturated rings. The average Bonchev–Trinajstić information content (AvgIpc) is 3.38. The van der Waals surface area contributed by atoms with Gasteiger partial charge in [0.25, 0.3) is 0 Å². The number of benzene rings is 3. The molecule has 4 aromatic rings. The number of hydrogen-bond donors (Lipinski definition) is 3. The van der Waals surface area contributed by atoms with Crippen LogP contribution in [0.4, 0.5) is 0 Å². The van der Waals surface area contributed by atoms with E-state index in [1.54, 1.807) is 12.1 Å². The van der Waals surface area contributed by atoms with Crippen LogP contribution in [0.2, 0.25) is 10.0 Å². The third-order valence-corrected chi connectivity index (χ3v) is 8.28. The Morgan fingerprint density at radius 1 is 0.905 bits per heavy atom. The highest BCUT2D eigenvalue weighted by atomic mass is 35.5. The fraction of sp³-hybridized carbons (Fsp3) is 0.417. The van der Waals surface area contributed by atoms with Crippen LogP contribution >= 0.6 is 23.2 Å². The zero-order valence-corrected chi connectivity index (χ0v) is 27.5. The number of Topliss-reactive ketones (excluding diaryl/α,β-unsaturated/α-hetero) is 1. The molecule has 42 heavy (non-hydrogen) atoms. The number of halogens is 2. The number of carbonyl (C=O) groups excluding carboxylic acids is 1. The smallest absolute Gasteiger partial charge is 0.149 e. The van der Waals surface area contributed by atoms with E-state index >= 15 is 0 Å². The lowest BCUT2D eigenvalue weighted by molar-refractivity contribution is -0.120. The first-order valence-electron chi connectivity index (χ1n) is 15.2. The van der Waals surface area contributed by atoms with Crippen molar-refractivity contribution in [2.45, 2.75) is 91.5 Å². The van der Waals surface area contributed by atoms with Crippen molar-refractivity contribution >= 4 is 39.9 Å². The van der Waals surface area contributed by atoms with E-state index in [-0.39, 0.29) is 16.9 Å². The minimum Gasteiger partial charge on any atom is -0.508 e. The molecule has 228 valence electrons. The van der Waals surface area contributed by atoms with Crippen LogP contribution in [0.3, 0.4) is 0 Å². The SMILES string of the molecule is CC.CCCC(=O)[C@@H](N)Cc1cc2cc(O)ccc2[nH]1.CCCC(CC)C(C)(c1cccc(Cl)c1)c1cccc(Cl)c1. The molecule has 0 spiro atoms. The summed E-state index contributed by atoms with van der Waals surface area (Å²) in [7, 11) is 0. The minimum absolute atomic E-state index is 0.0828. The Balaban J connectivity index is 0.000000282. The molecule has 1 unspecified atom stereocenters. The first-order valence-corrected chi connectivity index (χ1v) is 16.0. The van der Waals surface area contributed by atoms with E-state index in [1.807, 2.05) is 57.2 Å². The summed E-state index contributed by atoms with van der Waals surface area (Å²) in [5.74, 6) is 0.882. The predicted octanol–water partition coefficient (Wildman–Crippen LogP) is 10.3. The number of phenols is 1. The van der Waals surface area contributed by atoms with Crippen LogP contribution in [-0.4, -0.2) is 21.9 Å². The van der Waals surface area contributed by atoms with Crippen LogP contribution in [0, 0.1) is 5.92 Å². The average molecular weight is 612 g/mol. The Morgan fingerprint density at radius 2 is 1.50 bits per heavy atom. The molecule has 0 aliphatic rings. The Kier molecular flexibility index (Phi) is 14.6. The Morgan fingerprint density at radius 3 is 2.00 bits per heavy atom. The molecule has 0 bridgehead atoms. The summed E-state index contributed by atoms with van der Waals surface area (Å²) in [5, 5.41) is 11.9. The third kappa shape index (κ3) is 9.36. The van der Waals surface area contributed by atoms with Gasteiger partial charge < -0.3 is 15.8 Å². The van der Waals surface area contributed by atoms with Crippen molar-refractivity contribution in [2.24, 2.45) is 11.7 Å². The van der Waals surface area contributed by atoms with Crippen molar-refractivity contribution in [1.82, 2.24) is 4.98 Å². The van der Waals surface area contributed by atoms with Crippen molar-refractivity contribution in [3.63, 3.8) is 0 Å². The van der Waals surface area contributed by atoms with Gasteiger partial charge in [0.15, 0.2) is 0 Å². The van der Waals surface area contributed by atoms with Crippen LogP contribution in [0.5, 0.6) is 5.75 Å². The molecule has 0 aliphatic carbocycles. The van der Waals surface area contributed by atoms with Gasteiger partial charge in [-0.05, 0) is 78.4 Å². The van der Waals surface area contributed by atoms with Crippen LogP contribution in [0.25, 0.3) is 10.9 Å². The molecular formula is C36H48Cl2N2O2. The van der Waals surface area contributed by atoms with E-state index in [1.165, 1.54) is 24.0 Å². The molecule has 2 atom stereocenters. The van der Waals surface area contributed by atoms with Crippen molar-refractivity contribution in [2.75, 3.05) is 0 Å². The number of fused-ring (bicyclic) bond motifs is 1. The number of aromatic amines is 1. The highest BCUT2D eigenvalue weighted by Crippen LogP contribution is 2.44. The molecule has 4 rings (SSSR count). The van der Waals surface area contributed by atoms with Crippen LogP contribution < -0.4 is 5.73 Å². The summed E-state index contributed by atoms with van der Waals surface area (Å²) in [6, 6.07) is 23.1. The Hall–Kier alpha value is -2.79. The standard InChI is InChI=1S/C20H24Cl2.C14H18N2O2.C2H6/c1-4-8-15(5-2)20(3,16-9-6-11-18(21)13-16)17-10-7-12-19(22)14-17;1-2-3-14(18)12(15)8-10-6-9-7-11(17)4-5-13(9)16-10;1-2/h6-7,9-15H,4-5,8H2,1-3H3;4-7,12,16-17H,2-3,8,15H2,1H3;1-2H3/t;12-;/m.0./s1. The Bertz CT molecular complexity index is 1350. The van der Waals surface area contributed by atoms with Gasteiger partial charge in [-0.2, -0.15) is 0 Å². The summed E-state index contributed by atoms with van der Waals surface area (Å²) in [6.07, 6.45) is 5.36. The normalized spacial score (nSPS) is 12.5. The second-order valence-electron chi connectivity index (χ2n) is 10.7. The van der Waals surface area contributed by atoms with E-state index in [0.717, 1.165) is 39.5 Å². The van der Waals surface area contributed by atoms with Gasteiger partial charge in [-0.1, -0.05) is 102 Å². The quantitative estimate of drug-likeness (QED) is 0.158. The molecule has 0 saturated heterocycles. The largest absolute Gasteiger partial charge is 0.508 e. The maximum Gasteiger partial charge on any atom is 0.149 e. The van der Waals surface area contributed by atoms with Gasteiger partial charge in [0, 0.05) is 44.9 Å². The highest BCUT2D eigenvalue weighted by Gasteiger charge is 2.36. The van der Waals surface area contributed by atoms with Gasteiger partial charge in [-0.25, -0.2) is 0 Å². The van der Waals surface area contributed by atoms with Gasteiger partial charge in [0.1, 0.15) is 11.5 Å². The third-order valence-electron chi connectivity index (χ3n) is 7.80. The van der Waals surface area contributed by atoms with Crippen molar-refractivity contribution in [3.8, 4) is 5.75 Å². The predicted molar refractivity (Wildman–Crippen MR) is 181 cm³/mol. The highest BCUT2D eigenvalue weighted by molar-refractivity contribution is 6.31. The first-order chi connectivity index (χ1) is 20.1. The number of aromatic hydroxyl groups is 1. The first kappa shape index (κ1) is 35.4. The molecule has 4 nitrogen and oxygen atoms in total. The maximum absolute atomic E-state index is 11.6. The minimum atomic E-state index is -0.452. The van der Waals surface area contributed by atoms with E-state index < -0.39 is 6.04 Å². The van der Waals surface area contributed by atoms with E-state index in [0.29, 0.717) is 18.8 Å². The van der Waals surface area contributed by atoms with Crippen molar-refractivity contribution in [3.05, 3.63) is 99.7 Å². The second kappa shape index (κ2) is 17.4. The zero-order chi connectivity index (χ0) is 31.3. The maximum atomic E-state index is 11.6. The topological polar surface area (TPSA) is 79.1 Å². The molecule has 3 aromatic carbocycles. The molecule has 0 aliphatic heterocycles. The molecular weight excluding hydrogens is 563 g/mol. The second-order valence-corrected chi connectivity index (χ2v) is 11.6. The molecule has 6 heteroatoms. The number of H-pyrrole nitrogens is 1. The molecule has 4 N–H and O–H groups in total. The van der Waals surface area contributed by atoms with E-state index in [2.05, 4.69) is 50.0 Å². The fourth-order valence-electron chi connectivity index (χ4n) is 5.58. The van der Waals surface area contributed by atoms with Gasteiger partial charge in [-0.3, -0.25) is 4.79 Å². The van der Waals surface area contributed by atoms with Crippen molar-refractivity contribution < 1.29 is 9.90 Å². The number of rotatable bonds is 11. The zero-order valence-electron chi connectivity index (χ0n) is 26.0. The molecule has 0 saturated carbocycles. The summed E-state index contributed by atoms with van der Waals surface area (Å²) in [4.78, 5) is 14.8. The van der Waals surface area contributed by atoms with Crippen LogP contribution in [0.1, 0.15) is 90.5 Å². The van der Waals surface area contributed by atoms with E-state index in [9.17, 15) is 9.90 Å². The van der Waals surface area contributed by atoms with Crippen LogP contribution in [-0.2, 0) is 16.6 Å². The fourth-order valence-corrected chi connectivity index (χ4v) is 5.96. The van der Waals surface area contributed by atoms with Crippen LogP contribution in [0.15, 0.2) is 72.8 Å². The van der Waals surface area contributed by atoms with Gasteiger partial charge in [-0.15, -0.1) is 0 Å². The number of carbonyl (C=O) groups is 1. The number of nitrogens with one attached hydrogen (secondary N) is 1. The number of aromatic nitrogens is 1. The lowest BCUT2D eigenvalue weighted by Gasteiger charge is -2.39. The van der Waals surface area contributed by atoms with E-state index in [4.69, 9.17) is 28.9 Å². The molecule has 0 radical (unpaired) electrons. The number of phenolic OH excluding ortho intramolecular Hbond substituents is 1. The number of ketones is 1. The summed E-state index contributed by atoms with van der Waals surface area (Å²) in [5.41, 5.74) is 10.2. The molecule has 1 heterocycles. The summed E-state index contributed by atoms with van der Waals surface area (Å²) >= 11 is 12.5. The number of nitrogens with two attached hydrogens (primary N) is 1. The molecule has 1 aromatic heterocycles.